The Morgan fingerprint density at radius 3 is 2.62 bits per heavy atom. The van der Waals surface area contributed by atoms with Gasteiger partial charge in [-0.1, -0.05) is 18.7 Å². The Kier molecular flexibility index (Phi) is 5.78. The molecule has 1 unspecified atom stereocenters. The molecular formula is C19H26N2O3. The topological polar surface area (TPSA) is 58.6 Å². The van der Waals surface area contributed by atoms with Crippen molar-refractivity contribution in [1.82, 2.24) is 4.90 Å². The highest BCUT2D eigenvalue weighted by Gasteiger charge is 2.33. The van der Waals surface area contributed by atoms with Gasteiger partial charge in [-0.15, -0.1) is 0 Å². The van der Waals surface area contributed by atoms with E-state index < -0.39 is 0 Å². The van der Waals surface area contributed by atoms with E-state index in [0.717, 1.165) is 11.3 Å². The number of anilines is 1. The third-order valence-corrected chi connectivity index (χ3v) is 3.96. The molecule has 1 saturated heterocycles. The number of hydrogen-bond donors (Lipinski definition) is 1. The lowest BCUT2D eigenvalue weighted by atomic mass is 10.0. The number of rotatable bonds is 5. The lowest BCUT2D eigenvalue weighted by Gasteiger charge is -2.41. The number of nitrogens with zero attached hydrogens (tertiary/aromatic N) is 1. The van der Waals surface area contributed by atoms with Crippen molar-refractivity contribution in [3.8, 4) is 0 Å². The van der Waals surface area contributed by atoms with E-state index in [1.807, 2.05) is 49.9 Å². The summed E-state index contributed by atoms with van der Waals surface area (Å²) >= 11 is 0. The molecule has 0 aromatic heterocycles. The van der Waals surface area contributed by atoms with Crippen molar-refractivity contribution < 1.29 is 14.3 Å². The van der Waals surface area contributed by atoms with Gasteiger partial charge in [0.2, 0.25) is 11.8 Å². The van der Waals surface area contributed by atoms with E-state index in [9.17, 15) is 9.59 Å². The molecule has 1 N–H and O–H groups in total. The normalized spacial score (nSPS) is 19.6. The van der Waals surface area contributed by atoms with Gasteiger partial charge in [0.1, 0.15) is 0 Å². The van der Waals surface area contributed by atoms with Gasteiger partial charge in [-0.25, -0.2) is 0 Å². The summed E-state index contributed by atoms with van der Waals surface area (Å²) in [5.74, 6) is -0.0794. The van der Waals surface area contributed by atoms with Gasteiger partial charge < -0.3 is 15.0 Å². The highest BCUT2D eigenvalue weighted by Crippen LogP contribution is 2.21. The number of aryl methyl sites for hydroxylation is 1. The Bertz CT molecular complexity index is 608. The molecule has 5 nitrogen and oxygen atoms in total. The first-order valence-corrected chi connectivity index (χ1v) is 8.27. The highest BCUT2D eigenvalue weighted by molar-refractivity contribution is 5.98. The number of benzene rings is 1. The average molecular weight is 330 g/mol. The van der Waals surface area contributed by atoms with Gasteiger partial charge in [0.05, 0.1) is 11.7 Å². The molecule has 1 aliphatic rings. The molecule has 5 heteroatoms. The molecule has 1 aromatic rings. The predicted octanol–water partition coefficient (Wildman–Crippen LogP) is 2.77. The molecule has 0 aliphatic carbocycles. The summed E-state index contributed by atoms with van der Waals surface area (Å²) in [6.45, 7) is 10.7. The van der Waals surface area contributed by atoms with Crippen molar-refractivity contribution in [1.29, 1.82) is 0 Å². The molecule has 2 rings (SSSR count). The van der Waals surface area contributed by atoms with Crippen molar-refractivity contribution >= 4 is 17.5 Å². The molecule has 2 amide bonds. The minimum absolute atomic E-state index is 0.0606. The molecule has 1 aromatic carbocycles. The first-order chi connectivity index (χ1) is 11.3. The van der Waals surface area contributed by atoms with Gasteiger partial charge in [0.15, 0.2) is 0 Å². The zero-order valence-electron chi connectivity index (χ0n) is 14.7. The number of nitrogens with one attached hydrogen (secondary N) is 1. The fourth-order valence-electron chi connectivity index (χ4n) is 3.00. The maximum atomic E-state index is 12.5. The number of amides is 2. The lowest BCUT2D eigenvalue weighted by molar-refractivity contribution is -0.158. The van der Waals surface area contributed by atoms with Crippen LogP contribution in [0.15, 0.2) is 36.9 Å². The summed E-state index contributed by atoms with van der Waals surface area (Å²) in [4.78, 5) is 25.6. The third kappa shape index (κ3) is 5.20. The number of carbonyl (C=O) groups excluding carboxylic acids is 2. The van der Waals surface area contributed by atoms with Crippen LogP contribution in [0.5, 0.6) is 0 Å². The molecule has 1 aliphatic heterocycles. The van der Waals surface area contributed by atoms with Crippen molar-refractivity contribution in [2.45, 2.75) is 45.3 Å². The van der Waals surface area contributed by atoms with Crippen LogP contribution in [0, 0.1) is 0 Å². The van der Waals surface area contributed by atoms with Crippen LogP contribution in [0.3, 0.4) is 0 Å². The second kappa shape index (κ2) is 7.62. The van der Waals surface area contributed by atoms with E-state index in [-0.39, 0.29) is 23.5 Å². The number of morpholine rings is 1. The fourth-order valence-corrected chi connectivity index (χ4v) is 3.00. The number of ether oxygens (including phenoxy) is 1. The SMILES string of the molecule is C=CC(=O)Nc1ccc(CCC(=O)N2CC(C)OC(C)(C)C2)cc1. The molecule has 0 spiro atoms. The maximum Gasteiger partial charge on any atom is 0.247 e. The summed E-state index contributed by atoms with van der Waals surface area (Å²) < 4.78 is 5.84. The highest BCUT2D eigenvalue weighted by atomic mass is 16.5. The summed E-state index contributed by atoms with van der Waals surface area (Å²) in [6, 6.07) is 7.53. The molecule has 0 saturated carbocycles. The monoisotopic (exact) mass is 330 g/mol. The first kappa shape index (κ1) is 18.2. The van der Waals surface area contributed by atoms with E-state index in [4.69, 9.17) is 4.74 Å². The minimum Gasteiger partial charge on any atom is -0.369 e. The van der Waals surface area contributed by atoms with Crippen LogP contribution in [-0.4, -0.2) is 41.5 Å². The van der Waals surface area contributed by atoms with E-state index in [0.29, 0.717) is 25.9 Å². The molecule has 24 heavy (non-hydrogen) atoms. The number of carbonyl (C=O) groups is 2. The smallest absolute Gasteiger partial charge is 0.247 e. The zero-order valence-corrected chi connectivity index (χ0v) is 14.7. The van der Waals surface area contributed by atoms with Crippen LogP contribution in [0.1, 0.15) is 32.8 Å². The second-order valence-electron chi connectivity index (χ2n) is 6.85. The standard InChI is InChI=1S/C19H26N2O3/c1-5-17(22)20-16-9-6-15(7-10-16)8-11-18(23)21-12-14(2)24-19(3,4)13-21/h5-7,9-10,14H,1,8,11-13H2,2-4H3,(H,20,22). The first-order valence-electron chi connectivity index (χ1n) is 8.27. The zero-order chi connectivity index (χ0) is 17.7. The quantitative estimate of drug-likeness (QED) is 0.845. The van der Waals surface area contributed by atoms with Gasteiger partial charge in [0.25, 0.3) is 0 Å². The van der Waals surface area contributed by atoms with Crippen molar-refractivity contribution in [3.05, 3.63) is 42.5 Å². The van der Waals surface area contributed by atoms with Crippen molar-refractivity contribution in [2.24, 2.45) is 0 Å². The Morgan fingerprint density at radius 2 is 2.04 bits per heavy atom. The van der Waals surface area contributed by atoms with Crippen LogP contribution in [0.4, 0.5) is 5.69 Å². The summed E-state index contributed by atoms with van der Waals surface area (Å²) in [6.07, 6.45) is 2.45. The summed E-state index contributed by atoms with van der Waals surface area (Å²) in [7, 11) is 0. The average Bonchev–Trinajstić information content (AvgIpc) is 2.51. The maximum absolute atomic E-state index is 12.5. The van der Waals surface area contributed by atoms with Gasteiger partial charge >= 0.3 is 0 Å². The summed E-state index contributed by atoms with van der Waals surface area (Å²) in [5.41, 5.74) is 1.50. The molecule has 0 radical (unpaired) electrons. The molecular weight excluding hydrogens is 304 g/mol. The van der Waals surface area contributed by atoms with E-state index in [2.05, 4.69) is 11.9 Å². The van der Waals surface area contributed by atoms with Gasteiger partial charge in [0, 0.05) is 25.2 Å². The van der Waals surface area contributed by atoms with Crippen molar-refractivity contribution in [2.75, 3.05) is 18.4 Å². The molecule has 1 atom stereocenters. The van der Waals surface area contributed by atoms with Crippen LogP contribution in [0.2, 0.25) is 0 Å². The van der Waals surface area contributed by atoms with Crippen LogP contribution >= 0.6 is 0 Å². The predicted molar refractivity (Wildman–Crippen MR) is 94.8 cm³/mol. The van der Waals surface area contributed by atoms with Crippen LogP contribution in [0.25, 0.3) is 0 Å². The minimum atomic E-state index is -0.293. The largest absolute Gasteiger partial charge is 0.369 e. The van der Waals surface area contributed by atoms with Crippen LogP contribution in [-0.2, 0) is 20.7 Å². The van der Waals surface area contributed by atoms with Crippen molar-refractivity contribution in [3.63, 3.8) is 0 Å². The van der Waals surface area contributed by atoms with Gasteiger partial charge in [-0.2, -0.15) is 0 Å². The Balaban J connectivity index is 1.87. The van der Waals surface area contributed by atoms with E-state index in [1.165, 1.54) is 6.08 Å². The number of hydrogen-bond acceptors (Lipinski definition) is 3. The fraction of sp³-hybridized carbons (Fsp3) is 0.474. The lowest BCUT2D eigenvalue weighted by Crippen LogP contribution is -2.53. The van der Waals surface area contributed by atoms with E-state index >= 15 is 0 Å². The Morgan fingerprint density at radius 1 is 1.38 bits per heavy atom. The van der Waals surface area contributed by atoms with E-state index in [1.54, 1.807) is 0 Å². The summed E-state index contributed by atoms with van der Waals surface area (Å²) in [5, 5.41) is 2.70. The molecule has 130 valence electrons. The Hall–Kier alpha value is -2.14. The second-order valence-corrected chi connectivity index (χ2v) is 6.85. The molecule has 1 heterocycles. The third-order valence-electron chi connectivity index (χ3n) is 3.96. The molecule has 0 bridgehead atoms. The van der Waals surface area contributed by atoms with Gasteiger partial charge in [-0.3, -0.25) is 9.59 Å². The van der Waals surface area contributed by atoms with Gasteiger partial charge in [-0.05, 0) is 51.0 Å². The van der Waals surface area contributed by atoms with Crippen LogP contribution < -0.4 is 5.32 Å². The Labute approximate surface area is 143 Å². The molecule has 1 fully saturated rings.